The summed E-state index contributed by atoms with van der Waals surface area (Å²) in [6.07, 6.45) is 6.97. The van der Waals surface area contributed by atoms with Gasteiger partial charge in [-0.2, -0.15) is 13.2 Å². The molecule has 15 heteroatoms. The van der Waals surface area contributed by atoms with Crippen molar-refractivity contribution in [1.29, 1.82) is 0 Å². The smallest absolute Gasteiger partial charge is 0.363 e. The number of alkyl halides is 3. The van der Waals surface area contributed by atoms with Crippen LogP contribution in [-0.2, 0) is 19.3 Å². The number of nitrogens with zero attached hydrogens (tertiary/aromatic N) is 8. The Bertz CT molecular complexity index is 2440. The number of aryl methyl sites for hydroxylation is 1. The van der Waals surface area contributed by atoms with Gasteiger partial charge in [0.05, 0.1) is 16.5 Å². The third-order valence-electron chi connectivity index (χ3n) is 7.95. The number of carbonyl (C=O) groups is 1. The fraction of sp³-hybridized carbons (Fsp3) is 0.146. The third kappa shape index (κ3) is 11.0. The molecule has 2 aromatic carbocycles. The zero-order valence-electron chi connectivity index (χ0n) is 30.7. The first-order valence-corrected chi connectivity index (χ1v) is 17.9. The SMILES string of the molecule is C=C(Br)n1ccnc(NCc2ccc(C(F)(F)F)nc2)c1=NC.CC(=O)c1cnc2c(NCc3cccnc3)nc(-c3ccccc3)cn12.Cc1ccccc1. The van der Waals surface area contributed by atoms with E-state index < -0.39 is 11.9 Å². The van der Waals surface area contributed by atoms with Crippen LogP contribution in [-0.4, -0.2) is 46.7 Å². The molecule has 0 spiro atoms. The van der Waals surface area contributed by atoms with E-state index in [9.17, 15) is 18.0 Å². The molecule has 11 nitrogen and oxygen atoms in total. The van der Waals surface area contributed by atoms with Gasteiger partial charge in [0.15, 0.2) is 28.6 Å². The summed E-state index contributed by atoms with van der Waals surface area (Å²) in [5, 5.41) is 6.35. The van der Waals surface area contributed by atoms with Crippen LogP contribution < -0.4 is 16.1 Å². The standard InChI is InChI=1S/C20H17N5O.C14H13BrF3N5.C7H8/c1-14(26)18-12-23-20-19(22-11-15-6-5-9-21-10-15)24-17(13-25(18)20)16-7-3-2-4-8-16;1-9(15)23-6-5-20-12(13(23)19-2)22-8-10-3-4-11(21-7-10)14(16,17)18;1-7-5-3-2-4-6-7/h2-10,12-13H,11H2,1H3,(H,22,24);3-7H,1,8H2,2H3,(H,20,22);2-6H,1H3. The van der Waals surface area contributed by atoms with Gasteiger partial charge in [0.25, 0.3) is 0 Å². The average molecular weight is 824 g/mol. The molecule has 0 aliphatic carbocycles. The van der Waals surface area contributed by atoms with Crippen LogP contribution in [0.2, 0.25) is 0 Å². The number of ketones is 1. The lowest BCUT2D eigenvalue weighted by Crippen LogP contribution is -2.24. The molecule has 0 aliphatic heterocycles. The molecule has 2 N–H and O–H groups in total. The molecule has 0 unspecified atom stereocenters. The summed E-state index contributed by atoms with van der Waals surface area (Å²) in [4.78, 5) is 36.9. The van der Waals surface area contributed by atoms with Crippen LogP contribution in [0.25, 0.3) is 21.5 Å². The van der Waals surface area contributed by atoms with E-state index in [1.165, 1.54) is 24.8 Å². The van der Waals surface area contributed by atoms with Gasteiger partial charge in [-0.05, 0) is 46.1 Å². The lowest BCUT2D eigenvalue weighted by Gasteiger charge is -2.11. The first kappa shape index (κ1) is 40.7. The Morgan fingerprint density at radius 3 is 2.07 bits per heavy atom. The minimum atomic E-state index is -4.44. The molecule has 0 fully saturated rings. The number of carbonyl (C=O) groups excluding carboxylic acids is 1. The number of pyridine rings is 2. The largest absolute Gasteiger partial charge is 0.433 e. The zero-order valence-corrected chi connectivity index (χ0v) is 32.3. The van der Waals surface area contributed by atoms with E-state index in [0.717, 1.165) is 22.9 Å². The van der Waals surface area contributed by atoms with Gasteiger partial charge in [0.1, 0.15) is 11.4 Å². The Labute approximate surface area is 329 Å². The molecule has 56 heavy (non-hydrogen) atoms. The summed E-state index contributed by atoms with van der Waals surface area (Å²) in [5.41, 5.74) is 5.47. The van der Waals surface area contributed by atoms with Crippen LogP contribution in [0.5, 0.6) is 0 Å². The molecule has 0 radical (unpaired) electrons. The van der Waals surface area contributed by atoms with Crippen LogP contribution in [0.15, 0.2) is 140 Å². The fourth-order valence-electron chi connectivity index (χ4n) is 5.17. The second-order valence-electron chi connectivity index (χ2n) is 12.1. The Morgan fingerprint density at radius 2 is 1.52 bits per heavy atom. The minimum absolute atomic E-state index is 0.0408. The molecule has 0 aliphatic rings. The summed E-state index contributed by atoms with van der Waals surface area (Å²) in [6.45, 7) is 8.22. The molecule has 0 saturated carbocycles. The maximum Gasteiger partial charge on any atom is 0.433 e. The number of anilines is 2. The van der Waals surface area contributed by atoms with Crippen LogP contribution >= 0.6 is 15.9 Å². The molecule has 286 valence electrons. The van der Waals surface area contributed by atoms with Crippen LogP contribution in [0.1, 0.15) is 39.8 Å². The maximum absolute atomic E-state index is 12.5. The second-order valence-corrected chi connectivity index (χ2v) is 13.0. The van der Waals surface area contributed by atoms with Gasteiger partial charge in [-0.3, -0.25) is 28.7 Å². The highest BCUT2D eigenvalue weighted by Crippen LogP contribution is 2.27. The van der Waals surface area contributed by atoms with E-state index >= 15 is 0 Å². The van der Waals surface area contributed by atoms with Crippen molar-refractivity contribution in [3.63, 3.8) is 0 Å². The molecular formula is C41H38BrF3N10O. The summed E-state index contributed by atoms with van der Waals surface area (Å²) < 4.78 is 41.5. The van der Waals surface area contributed by atoms with E-state index in [0.29, 0.717) is 45.2 Å². The van der Waals surface area contributed by atoms with Gasteiger partial charge in [0, 0.05) is 69.8 Å². The van der Waals surface area contributed by atoms with Crippen LogP contribution in [0.3, 0.4) is 0 Å². The molecule has 5 heterocycles. The molecule has 7 rings (SSSR count). The topological polar surface area (TPSA) is 127 Å². The quantitative estimate of drug-likeness (QED) is 0.138. The van der Waals surface area contributed by atoms with Gasteiger partial charge in [0.2, 0.25) is 0 Å². The third-order valence-corrected chi connectivity index (χ3v) is 8.34. The van der Waals surface area contributed by atoms with E-state index in [4.69, 9.17) is 4.98 Å². The summed E-state index contributed by atoms with van der Waals surface area (Å²) in [5.74, 6) is 1.07. The first-order valence-electron chi connectivity index (χ1n) is 17.1. The van der Waals surface area contributed by atoms with Crippen molar-refractivity contribution in [2.75, 3.05) is 17.7 Å². The molecule has 0 atom stereocenters. The summed E-state index contributed by atoms with van der Waals surface area (Å²) in [7, 11) is 1.61. The number of rotatable bonds is 9. The number of Topliss-reactive ketones (excluding diaryl/α,β-unsaturated/α-hetero) is 1. The molecule has 7 aromatic rings. The van der Waals surface area contributed by atoms with Crippen molar-refractivity contribution < 1.29 is 18.0 Å². The minimum Gasteiger partial charge on any atom is -0.363 e. The van der Waals surface area contributed by atoms with Crippen molar-refractivity contribution in [2.45, 2.75) is 33.1 Å². The number of halogens is 4. The second kappa shape index (κ2) is 19.2. The molecule has 0 saturated heterocycles. The molecular weight excluding hydrogens is 785 g/mol. The number of nitrogens with one attached hydrogen (secondary N) is 2. The molecule has 0 bridgehead atoms. The lowest BCUT2D eigenvalue weighted by molar-refractivity contribution is -0.141. The van der Waals surface area contributed by atoms with Crippen molar-refractivity contribution >= 4 is 43.6 Å². The van der Waals surface area contributed by atoms with Gasteiger partial charge < -0.3 is 10.6 Å². The highest BCUT2D eigenvalue weighted by atomic mass is 79.9. The van der Waals surface area contributed by atoms with E-state index in [-0.39, 0.29) is 12.3 Å². The maximum atomic E-state index is 12.5. The van der Waals surface area contributed by atoms with Crippen molar-refractivity contribution in [3.8, 4) is 11.3 Å². The van der Waals surface area contributed by atoms with Gasteiger partial charge in [-0.15, -0.1) is 0 Å². The highest BCUT2D eigenvalue weighted by molar-refractivity contribution is 9.14. The number of aromatic nitrogens is 7. The number of imidazole rings is 1. The molecule has 5 aromatic heterocycles. The number of benzene rings is 2. The van der Waals surface area contributed by atoms with Gasteiger partial charge in [-0.1, -0.05) is 84.9 Å². The monoisotopic (exact) mass is 822 g/mol. The van der Waals surface area contributed by atoms with E-state index in [1.807, 2.05) is 66.9 Å². The van der Waals surface area contributed by atoms with Crippen LogP contribution in [0.4, 0.5) is 24.8 Å². The zero-order chi connectivity index (χ0) is 40.1. The predicted octanol–water partition coefficient (Wildman–Crippen LogP) is 8.86. The Kier molecular flexibility index (Phi) is 14.0. The number of hydrogen-bond donors (Lipinski definition) is 2. The summed E-state index contributed by atoms with van der Waals surface area (Å²) >= 11 is 3.27. The Balaban J connectivity index is 0.000000184. The van der Waals surface area contributed by atoms with Crippen molar-refractivity contribution in [3.05, 3.63) is 168 Å². The summed E-state index contributed by atoms with van der Waals surface area (Å²) in [6, 6.07) is 26.3. The predicted molar refractivity (Wildman–Crippen MR) is 216 cm³/mol. The average Bonchev–Trinajstić information content (AvgIpc) is 3.65. The lowest BCUT2D eigenvalue weighted by atomic mass is 10.1. The van der Waals surface area contributed by atoms with Crippen LogP contribution in [0, 0.1) is 6.92 Å². The number of fused-ring (bicyclic) bond motifs is 1. The normalized spacial score (nSPS) is 11.2. The van der Waals surface area contributed by atoms with E-state index in [2.05, 4.69) is 77.1 Å². The van der Waals surface area contributed by atoms with Crippen molar-refractivity contribution in [2.24, 2.45) is 4.99 Å². The van der Waals surface area contributed by atoms with E-state index in [1.54, 1.807) is 47.0 Å². The van der Waals surface area contributed by atoms with Gasteiger partial charge in [-0.25, -0.2) is 15.0 Å². The Hall–Kier alpha value is -6.48. The number of hydrogen-bond acceptors (Lipinski definition) is 9. The highest BCUT2D eigenvalue weighted by Gasteiger charge is 2.32. The Morgan fingerprint density at radius 1 is 0.839 bits per heavy atom. The molecule has 0 amide bonds. The fourth-order valence-corrected chi connectivity index (χ4v) is 5.46. The first-order chi connectivity index (χ1) is 26.9. The van der Waals surface area contributed by atoms with Gasteiger partial charge >= 0.3 is 6.18 Å². The van der Waals surface area contributed by atoms with Crippen molar-refractivity contribution in [1.82, 2.24) is 33.9 Å².